The number of halogens is 1. The molecule has 0 bridgehead atoms. The summed E-state index contributed by atoms with van der Waals surface area (Å²) >= 11 is 0. The van der Waals surface area contributed by atoms with Crippen LogP contribution in [-0.2, 0) is 14.6 Å². The highest BCUT2D eigenvalue weighted by molar-refractivity contribution is 14.0. The van der Waals surface area contributed by atoms with E-state index >= 15 is 0 Å². The van der Waals surface area contributed by atoms with Gasteiger partial charge in [0, 0.05) is 44.4 Å². The second kappa shape index (κ2) is 12.1. The SMILES string of the molecule is CCNC(=NCCCS(C)(=O)=O)NC1CCN(C(=O)C2CCCCC2)C1.I. The Labute approximate surface area is 181 Å². The topological polar surface area (TPSA) is 90.9 Å². The second-order valence-electron chi connectivity index (χ2n) is 7.49. The van der Waals surface area contributed by atoms with E-state index in [4.69, 9.17) is 0 Å². The van der Waals surface area contributed by atoms with Crippen molar-refractivity contribution in [2.75, 3.05) is 38.2 Å². The van der Waals surface area contributed by atoms with E-state index in [2.05, 4.69) is 15.6 Å². The van der Waals surface area contributed by atoms with Crippen LogP contribution in [0.25, 0.3) is 0 Å². The summed E-state index contributed by atoms with van der Waals surface area (Å²) in [6.45, 7) is 4.75. The monoisotopic (exact) mass is 514 g/mol. The van der Waals surface area contributed by atoms with Crippen LogP contribution < -0.4 is 10.6 Å². The summed E-state index contributed by atoms with van der Waals surface area (Å²) in [6.07, 6.45) is 8.38. The Bertz CT molecular complexity index is 591. The Balaban J connectivity index is 0.00000364. The minimum atomic E-state index is -2.94. The number of hydrogen-bond acceptors (Lipinski definition) is 4. The highest BCUT2D eigenvalue weighted by Gasteiger charge is 2.31. The summed E-state index contributed by atoms with van der Waals surface area (Å²) in [5, 5.41) is 6.60. The minimum Gasteiger partial charge on any atom is -0.357 e. The average Bonchev–Trinajstić information content (AvgIpc) is 3.06. The molecular weight excluding hydrogens is 479 g/mol. The van der Waals surface area contributed by atoms with Crippen molar-refractivity contribution in [1.29, 1.82) is 0 Å². The molecule has 9 heteroatoms. The predicted octanol–water partition coefficient (Wildman–Crippen LogP) is 1.78. The first kappa shape index (κ1) is 24.5. The van der Waals surface area contributed by atoms with Gasteiger partial charge < -0.3 is 15.5 Å². The molecule has 1 unspecified atom stereocenters. The lowest BCUT2D eigenvalue weighted by Gasteiger charge is -2.26. The first-order valence-corrected chi connectivity index (χ1v) is 12.0. The van der Waals surface area contributed by atoms with Gasteiger partial charge in [-0.2, -0.15) is 0 Å². The average molecular weight is 514 g/mol. The number of carbonyl (C=O) groups excluding carboxylic acids is 1. The third-order valence-electron chi connectivity index (χ3n) is 5.08. The van der Waals surface area contributed by atoms with E-state index in [0.717, 1.165) is 38.9 Å². The molecule has 27 heavy (non-hydrogen) atoms. The summed E-state index contributed by atoms with van der Waals surface area (Å²) in [4.78, 5) is 19.1. The molecule has 0 aromatic carbocycles. The summed E-state index contributed by atoms with van der Waals surface area (Å²) < 4.78 is 22.4. The standard InChI is InChI=1S/C18H34N4O3S.HI/c1-3-19-18(20-11-7-13-26(2,24)25)21-16-10-12-22(14-16)17(23)15-8-5-4-6-9-15;/h15-16H,3-14H2,1-2H3,(H2,19,20,21);1H. The molecule has 1 saturated heterocycles. The van der Waals surface area contributed by atoms with Gasteiger partial charge in [0.2, 0.25) is 5.91 Å². The zero-order valence-corrected chi connectivity index (χ0v) is 19.7. The van der Waals surface area contributed by atoms with Crippen LogP contribution in [0.1, 0.15) is 51.9 Å². The highest BCUT2D eigenvalue weighted by Crippen LogP contribution is 2.26. The molecule has 0 aromatic rings. The van der Waals surface area contributed by atoms with E-state index in [9.17, 15) is 13.2 Å². The van der Waals surface area contributed by atoms with Gasteiger partial charge in [0.05, 0.1) is 5.75 Å². The zero-order chi connectivity index (χ0) is 19.0. The maximum atomic E-state index is 12.7. The molecule has 1 saturated carbocycles. The number of nitrogens with zero attached hydrogens (tertiary/aromatic N) is 2. The van der Waals surface area contributed by atoms with E-state index in [0.29, 0.717) is 24.8 Å². The molecule has 2 fully saturated rings. The quantitative estimate of drug-likeness (QED) is 0.234. The maximum absolute atomic E-state index is 12.7. The van der Waals surface area contributed by atoms with Crippen LogP contribution >= 0.6 is 24.0 Å². The van der Waals surface area contributed by atoms with E-state index in [1.54, 1.807) is 0 Å². The van der Waals surface area contributed by atoms with Gasteiger partial charge in [-0.25, -0.2) is 8.42 Å². The van der Waals surface area contributed by atoms with Gasteiger partial charge >= 0.3 is 0 Å². The van der Waals surface area contributed by atoms with Crippen molar-refractivity contribution in [3.8, 4) is 0 Å². The number of nitrogens with one attached hydrogen (secondary N) is 2. The Morgan fingerprint density at radius 3 is 2.52 bits per heavy atom. The molecular formula is C18H35IN4O3S. The van der Waals surface area contributed by atoms with Crippen LogP contribution in [0.5, 0.6) is 0 Å². The molecule has 1 aliphatic carbocycles. The number of hydrogen-bond donors (Lipinski definition) is 2. The lowest BCUT2D eigenvalue weighted by Crippen LogP contribution is -2.45. The Morgan fingerprint density at radius 2 is 1.89 bits per heavy atom. The third-order valence-corrected chi connectivity index (χ3v) is 6.11. The molecule has 0 aromatic heterocycles. The van der Waals surface area contributed by atoms with Gasteiger partial charge in [-0.3, -0.25) is 9.79 Å². The number of carbonyl (C=O) groups is 1. The first-order chi connectivity index (χ1) is 12.4. The van der Waals surface area contributed by atoms with Crippen molar-refractivity contribution >= 4 is 45.7 Å². The molecule has 1 atom stereocenters. The summed E-state index contributed by atoms with van der Waals surface area (Å²) in [6, 6.07) is 0.204. The van der Waals surface area contributed by atoms with E-state index in [-0.39, 0.29) is 41.7 Å². The summed E-state index contributed by atoms with van der Waals surface area (Å²) in [7, 11) is -2.94. The number of rotatable bonds is 7. The fourth-order valence-electron chi connectivity index (χ4n) is 3.72. The second-order valence-corrected chi connectivity index (χ2v) is 9.75. The van der Waals surface area contributed by atoms with Crippen molar-refractivity contribution in [3.05, 3.63) is 0 Å². The molecule has 2 N–H and O–H groups in total. The molecule has 0 radical (unpaired) electrons. The van der Waals surface area contributed by atoms with Crippen molar-refractivity contribution in [2.24, 2.45) is 10.9 Å². The number of guanidine groups is 1. The van der Waals surface area contributed by atoms with Crippen LogP contribution in [0.4, 0.5) is 0 Å². The minimum absolute atomic E-state index is 0. The van der Waals surface area contributed by atoms with Crippen molar-refractivity contribution in [3.63, 3.8) is 0 Å². The lowest BCUT2D eigenvalue weighted by molar-refractivity contribution is -0.135. The van der Waals surface area contributed by atoms with Crippen molar-refractivity contribution < 1.29 is 13.2 Å². The fourth-order valence-corrected chi connectivity index (χ4v) is 4.37. The Hall–Kier alpha value is -0.580. The molecule has 1 heterocycles. The van der Waals surface area contributed by atoms with Crippen molar-refractivity contribution in [1.82, 2.24) is 15.5 Å². The molecule has 7 nitrogen and oxygen atoms in total. The fraction of sp³-hybridized carbons (Fsp3) is 0.889. The van der Waals surface area contributed by atoms with Gasteiger partial charge in [0.25, 0.3) is 0 Å². The third kappa shape index (κ3) is 8.97. The summed E-state index contributed by atoms with van der Waals surface area (Å²) in [5.74, 6) is 1.41. The van der Waals surface area contributed by atoms with Crippen LogP contribution in [0.3, 0.4) is 0 Å². The van der Waals surface area contributed by atoms with Gasteiger partial charge in [-0.05, 0) is 32.6 Å². The Morgan fingerprint density at radius 1 is 1.19 bits per heavy atom. The normalized spacial score (nSPS) is 21.6. The number of sulfone groups is 1. The molecule has 2 aliphatic rings. The summed E-state index contributed by atoms with van der Waals surface area (Å²) in [5.41, 5.74) is 0. The Kier molecular flexibility index (Phi) is 10.9. The van der Waals surface area contributed by atoms with Gasteiger partial charge in [0.1, 0.15) is 9.84 Å². The van der Waals surface area contributed by atoms with E-state index in [1.807, 2.05) is 11.8 Å². The highest BCUT2D eigenvalue weighted by atomic mass is 127. The smallest absolute Gasteiger partial charge is 0.225 e. The molecule has 158 valence electrons. The molecule has 1 amide bonds. The lowest BCUT2D eigenvalue weighted by atomic mass is 9.88. The molecule has 0 spiro atoms. The van der Waals surface area contributed by atoms with Crippen LogP contribution in [0.2, 0.25) is 0 Å². The maximum Gasteiger partial charge on any atom is 0.225 e. The number of likely N-dealkylation sites (tertiary alicyclic amines) is 1. The van der Waals surface area contributed by atoms with Gasteiger partial charge in [-0.1, -0.05) is 19.3 Å². The van der Waals surface area contributed by atoms with Crippen molar-refractivity contribution in [2.45, 2.75) is 57.9 Å². The van der Waals surface area contributed by atoms with Gasteiger partial charge in [-0.15, -0.1) is 24.0 Å². The van der Waals surface area contributed by atoms with Crippen LogP contribution in [0, 0.1) is 5.92 Å². The first-order valence-electron chi connectivity index (χ1n) is 9.90. The molecule has 2 rings (SSSR count). The predicted molar refractivity (Wildman–Crippen MR) is 120 cm³/mol. The largest absolute Gasteiger partial charge is 0.357 e. The van der Waals surface area contributed by atoms with E-state index in [1.165, 1.54) is 25.5 Å². The zero-order valence-electron chi connectivity index (χ0n) is 16.6. The van der Waals surface area contributed by atoms with Gasteiger partial charge in [0.15, 0.2) is 5.96 Å². The van der Waals surface area contributed by atoms with Crippen LogP contribution in [0.15, 0.2) is 4.99 Å². The number of amides is 1. The van der Waals surface area contributed by atoms with E-state index < -0.39 is 9.84 Å². The molecule has 1 aliphatic heterocycles. The van der Waals surface area contributed by atoms with Crippen LogP contribution in [-0.4, -0.2) is 69.4 Å². The number of aliphatic imine (C=N–C) groups is 1.